The molecule has 1 aromatic carbocycles. The Morgan fingerprint density at radius 2 is 2.12 bits per heavy atom. The van der Waals surface area contributed by atoms with Crippen molar-refractivity contribution in [1.82, 2.24) is 15.4 Å². The summed E-state index contributed by atoms with van der Waals surface area (Å²) in [7, 11) is 0. The Bertz CT molecular complexity index is 731. The molecular weight excluding hydrogens is 328 g/mol. The van der Waals surface area contributed by atoms with E-state index in [0.717, 1.165) is 37.4 Å². The van der Waals surface area contributed by atoms with Gasteiger partial charge >= 0.3 is 0 Å². The summed E-state index contributed by atoms with van der Waals surface area (Å²) >= 11 is 0. The van der Waals surface area contributed by atoms with Crippen LogP contribution < -0.4 is 10.8 Å². The van der Waals surface area contributed by atoms with Crippen LogP contribution in [0.15, 0.2) is 54.7 Å². The molecule has 0 unspecified atom stereocenters. The summed E-state index contributed by atoms with van der Waals surface area (Å²) in [6.07, 6.45) is 6.86. The van der Waals surface area contributed by atoms with Crippen LogP contribution in [0.4, 0.5) is 5.82 Å². The largest absolute Gasteiger partial charge is 0.366 e. The summed E-state index contributed by atoms with van der Waals surface area (Å²) in [5, 5.41) is 12.0. The van der Waals surface area contributed by atoms with Crippen LogP contribution in [0, 0.1) is 0 Å². The molecule has 1 amide bonds. The predicted molar refractivity (Wildman–Crippen MR) is 102 cm³/mol. The zero-order valence-electron chi connectivity index (χ0n) is 14.6. The molecule has 1 fully saturated rings. The minimum Gasteiger partial charge on any atom is -0.366 e. The molecule has 0 spiro atoms. The number of carbonyl (C=O) groups excluding carboxylic acids is 1. The van der Waals surface area contributed by atoms with Gasteiger partial charge in [0.05, 0.1) is 0 Å². The molecule has 136 valence electrons. The van der Waals surface area contributed by atoms with E-state index in [2.05, 4.69) is 39.5 Å². The number of carbonyl (C=O) groups is 1. The number of aromatic nitrogens is 1. The van der Waals surface area contributed by atoms with E-state index in [4.69, 9.17) is 5.21 Å². The van der Waals surface area contributed by atoms with E-state index in [-0.39, 0.29) is 0 Å². The maximum Gasteiger partial charge on any atom is 0.267 e. The highest BCUT2D eigenvalue weighted by atomic mass is 16.5. The number of benzene rings is 1. The third kappa shape index (κ3) is 5.40. The smallest absolute Gasteiger partial charge is 0.267 e. The average Bonchev–Trinajstić information content (AvgIpc) is 2.68. The van der Waals surface area contributed by atoms with E-state index in [9.17, 15) is 4.79 Å². The number of hydrogen-bond acceptors (Lipinski definition) is 5. The average molecular weight is 352 g/mol. The molecule has 0 radical (unpaired) electrons. The van der Waals surface area contributed by atoms with Gasteiger partial charge in [-0.3, -0.25) is 14.9 Å². The van der Waals surface area contributed by atoms with Crippen molar-refractivity contribution in [3.8, 4) is 0 Å². The fourth-order valence-electron chi connectivity index (χ4n) is 3.17. The highest BCUT2D eigenvalue weighted by Crippen LogP contribution is 2.17. The van der Waals surface area contributed by atoms with E-state index in [1.54, 1.807) is 17.8 Å². The van der Waals surface area contributed by atoms with Crippen LogP contribution in [0.1, 0.15) is 24.0 Å². The van der Waals surface area contributed by atoms with Crippen LogP contribution in [-0.2, 0) is 11.3 Å². The minimum atomic E-state index is -0.562. The zero-order chi connectivity index (χ0) is 18.2. The van der Waals surface area contributed by atoms with Crippen molar-refractivity contribution in [2.75, 3.05) is 18.4 Å². The lowest BCUT2D eigenvalue weighted by atomic mass is 10.0. The van der Waals surface area contributed by atoms with Crippen molar-refractivity contribution in [2.45, 2.75) is 25.4 Å². The topological polar surface area (TPSA) is 77.5 Å². The summed E-state index contributed by atoms with van der Waals surface area (Å²) in [6, 6.07) is 14.7. The van der Waals surface area contributed by atoms with Crippen molar-refractivity contribution in [3.05, 3.63) is 65.9 Å². The molecule has 0 bridgehead atoms. The van der Waals surface area contributed by atoms with Crippen LogP contribution in [0.2, 0.25) is 0 Å². The van der Waals surface area contributed by atoms with Gasteiger partial charge in [0.1, 0.15) is 5.82 Å². The second kappa shape index (κ2) is 9.12. The fourth-order valence-corrected chi connectivity index (χ4v) is 3.17. The molecule has 6 heteroatoms. The summed E-state index contributed by atoms with van der Waals surface area (Å²) in [5.41, 5.74) is 3.70. The van der Waals surface area contributed by atoms with Crippen LogP contribution in [0.25, 0.3) is 6.08 Å². The van der Waals surface area contributed by atoms with Crippen molar-refractivity contribution in [2.24, 2.45) is 0 Å². The van der Waals surface area contributed by atoms with Gasteiger partial charge in [0.15, 0.2) is 0 Å². The first-order valence-corrected chi connectivity index (χ1v) is 8.84. The standard InChI is InChI=1S/C20H24N4O2/c25-20(23-26)11-9-16-8-10-19(21-13-16)22-18-7-4-12-24(15-18)14-17-5-2-1-3-6-17/h1-3,5-6,8-11,13,18,26H,4,7,12,14-15H2,(H,21,22)(H,23,25)/t18-/m1/s1. The van der Waals surface area contributed by atoms with Gasteiger partial charge in [0.25, 0.3) is 5.91 Å². The molecule has 6 nitrogen and oxygen atoms in total. The van der Waals surface area contributed by atoms with Gasteiger partial charge in [-0.15, -0.1) is 0 Å². The maximum absolute atomic E-state index is 11.0. The van der Waals surface area contributed by atoms with Gasteiger partial charge in [0, 0.05) is 31.4 Å². The number of amides is 1. The second-order valence-corrected chi connectivity index (χ2v) is 6.49. The molecule has 0 saturated carbocycles. The number of piperidine rings is 1. The van der Waals surface area contributed by atoms with Crippen molar-refractivity contribution < 1.29 is 10.0 Å². The van der Waals surface area contributed by atoms with Crippen LogP contribution in [0.3, 0.4) is 0 Å². The molecule has 3 N–H and O–H groups in total. The van der Waals surface area contributed by atoms with E-state index in [1.165, 1.54) is 18.1 Å². The first-order valence-electron chi connectivity index (χ1n) is 8.84. The van der Waals surface area contributed by atoms with Crippen molar-refractivity contribution in [3.63, 3.8) is 0 Å². The third-order valence-electron chi connectivity index (χ3n) is 4.43. The number of hydroxylamine groups is 1. The summed E-state index contributed by atoms with van der Waals surface area (Å²) in [4.78, 5) is 17.9. The highest BCUT2D eigenvalue weighted by Gasteiger charge is 2.20. The minimum absolute atomic E-state index is 0.376. The molecule has 3 rings (SSSR count). The number of nitrogens with zero attached hydrogens (tertiary/aromatic N) is 2. The number of likely N-dealkylation sites (tertiary alicyclic amines) is 1. The highest BCUT2D eigenvalue weighted by molar-refractivity contribution is 5.90. The first kappa shape index (κ1) is 18.1. The zero-order valence-corrected chi connectivity index (χ0v) is 14.6. The number of rotatable bonds is 6. The molecule has 1 aliphatic heterocycles. The molecule has 1 aliphatic rings. The van der Waals surface area contributed by atoms with Crippen molar-refractivity contribution >= 4 is 17.8 Å². The Kier molecular flexibility index (Phi) is 6.35. The van der Waals surface area contributed by atoms with Gasteiger partial charge in [-0.05, 0) is 48.7 Å². The van der Waals surface area contributed by atoms with Crippen LogP contribution in [-0.4, -0.2) is 40.1 Å². The SMILES string of the molecule is O=C(C=Cc1ccc(N[C@@H]2CCCN(Cc3ccccc3)C2)nc1)NO. The van der Waals surface area contributed by atoms with Crippen molar-refractivity contribution in [1.29, 1.82) is 0 Å². The van der Waals surface area contributed by atoms with Gasteiger partial charge in [-0.25, -0.2) is 10.5 Å². The Morgan fingerprint density at radius 1 is 1.27 bits per heavy atom. The number of hydrogen-bond donors (Lipinski definition) is 3. The lowest BCUT2D eigenvalue weighted by molar-refractivity contribution is -0.124. The Hall–Kier alpha value is -2.70. The number of pyridine rings is 1. The summed E-state index contributed by atoms with van der Waals surface area (Å²) in [5.74, 6) is 0.272. The Labute approximate surface area is 153 Å². The number of anilines is 1. The molecule has 2 aromatic rings. The monoisotopic (exact) mass is 352 g/mol. The van der Waals surface area contributed by atoms with E-state index >= 15 is 0 Å². The fraction of sp³-hybridized carbons (Fsp3) is 0.300. The third-order valence-corrected chi connectivity index (χ3v) is 4.43. The maximum atomic E-state index is 11.0. The first-order chi connectivity index (χ1) is 12.7. The molecule has 26 heavy (non-hydrogen) atoms. The summed E-state index contributed by atoms with van der Waals surface area (Å²) in [6.45, 7) is 3.09. The molecule has 1 aromatic heterocycles. The number of nitrogens with one attached hydrogen (secondary N) is 2. The molecule has 0 aliphatic carbocycles. The van der Waals surface area contributed by atoms with Crippen LogP contribution in [0.5, 0.6) is 0 Å². The van der Waals surface area contributed by atoms with Gasteiger partial charge in [-0.2, -0.15) is 0 Å². The molecule has 1 saturated heterocycles. The van der Waals surface area contributed by atoms with Gasteiger partial charge in [0.2, 0.25) is 0 Å². The normalized spacial score (nSPS) is 18.0. The predicted octanol–water partition coefficient (Wildman–Crippen LogP) is 2.68. The lowest BCUT2D eigenvalue weighted by Crippen LogP contribution is -2.41. The summed E-state index contributed by atoms with van der Waals surface area (Å²) < 4.78 is 0. The lowest BCUT2D eigenvalue weighted by Gasteiger charge is -2.33. The Morgan fingerprint density at radius 3 is 2.85 bits per heavy atom. The molecule has 2 heterocycles. The van der Waals surface area contributed by atoms with E-state index in [0.29, 0.717) is 6.04 Å². The van der Waals surface area contributed by atoms with Crippen LogP contribution >= 0.6 is 0 Å². The molecular formula is C20H24N4O2. The molecule has 1 atom stereocenters. The van der Waals surface area contributed by atoms with Gasteiger partial charge < -0.3 is 5.32 Å². The van der Waals surface area contributed by atoms with Gasteiger partial charge in [-0.1, -0.05) is 30.3 Å². The van der Waals surface area contributed by atoms with E-state index in [1.807, 2.05) is 18.2 Å². The quantitative estimate of drug-likeness (QED) is 0.423. The Balaban J connectivity index is 1.53. The van der Waals surface area contributed by atoms with E-state index < -0.39 is 5.91 Å². The second-order valence-electron chi connectivity index (χ2n) is 6.49.